The summed E-state index contributed by atoms with van der Waals surface area (Å²) in [5, 5.41) is 100. The van der Waals surface area contributed by atoms with E-state index >= 15 is 0 Å². The molecule has 4 aromatic rings. The van der Waals surface area contributed by atoms with Crippen molar-refractivity contribution in [1.82, 2.24) is 0 Å². The summed E-state index contributed by atoms with van der Waals surface area (Å²) in [6.45, 7) is 3.67. The number of phenolic OH excluding ortho intramolecular Hbond substituents is 4. The Morgan fingerprint density at radius 2 is 0.763 bits per heavy atom. The number of quaternary nitrogens is 4. The summed E-state index contributed by atoms with van der Waals surface area (Å²) in [5.74, 6) is -17.9. The molecular weight excluding hydrogens is 1030 g/mol. The first-order chi connectivity index (χ1) is 35.9. The molecule has 1 spiro atoms. The molecule has 4 aliphatic heterocycles. The minimum absolute atomic E-state index is 0.000436. The van der Waals surface area contributed by atoms with E-state index in [9.17, 15) is 78.0 Å². The van der Waals surface area contributed by atoms with Crippen LogP contribution in [0.1, 0.15) is 102 Å². The van der Waals surface area contributed by atoms with Crippen LogP contribution in [0, 0.1) is 28.7 Å². The third kappa shape index (κ3) is 9.01. The standard InChI is InChI=1S/C51H55ClF4N8O12/c52-26-23-29(59-10-20-62(74)15-3-4-16-62)32-33(46(68)37-36(45(32)67)49(71)40(55)41(56)50(37)72)42(26)60-12-22-64(76)18-8-51(25-64)7-17-63(75,24-51)21-11-58-28-6-5-27(57-9-19-61(73)13-1-2-14-61)30-31(28)44(66)35-34(43(30)65)47(69)38(53)39(54)48(35)70/h5-6,23,73-76H,1-4,7-22,24-25H2,(H4-4,57,58,59,60,65,66,67,68,69,70,71,72)/p+4. The van der Waals surface area contributed by atoms with Crippen LogP contribution in [-0.2, 0) is 0 Å². The molecule has 406 valence electrons. The smallest absolute Gasteiger partial charge is 0.205 e. The summed E-state index contributed by atoms with van der Waals surface area (Å²) >= 11 is 6.79. The van der Waals surface area contributed by atoms with Crippen LogP contribution < -0.4 is 21.3 Å². The molecule has 3 atom stereocenters. The summed E-state index contributed by atoms with van der Waals surface area (Å²) in [6, 6.07) is 4.29. The number of ketones is 4. The second kappa shape index (κ2) is 19.3. The Labute approximate surface area is 436 Å². The predicted molar refractivity (Wildman–Crippen MR) is 262 cm³/mol. The first-order valence-corrected chi connectivity index (χ1v) is 25.7. The topological polar surface area (TPSA) is 278 Å². The molecule has 2 aliphatic carbocycles. The Morgan fingerprint density at radius 3 is 1.14 bits per heavy atom. The highest BCUT2D eigenvalue weighted by molar-refractivity contribution is 6.39. The van der Waals surface area contributed by atoms with Gasteiger partial charge in [-0.2, -0.15) is 36.1 Å². The molecule has 76 heavy (non-hydrogen) atoms. The van der Waals surface area contributed by atoms with Crippen LogP contribution >= 0.6 is 11.6 Å². The quantitative estimate of drug-likeness (QED) is 0.0309. The van der Waals surface area contributed by atoms with Gasteiger partial charge in [0.1, 0.15) is 78.5 Å². The number of hydrogen-bond acceptors (Lipinski definition) is 16. The number of carbonyl (C=O) groups is 4. The molecule has 0 aromatic heterocycles. The van der Waals surface area contributed by atoms with Gasteiger partial charge in [0.25, 0.3) is 0 Å². The van der Waals surface area contributed by atoms with Crippen LogP contribution in [0.15, 0.2) is 18.2 Å². The number of hydroxylamine groups is 12. The van der Waals surface area contributed by atoms with Gasteiger partial charge in [-0.3, -0.25) is 19.2 Å². The van der Waals surface area contributed by atoms with Crippen molar-refractivity contribution in [3.8, 4) is 23.0 Å². The van der Waals surface area contributed by atoms with Crippen molar-refractivity contribution < 1.29 is 96.6 Å². The second-order valence-electron chi connectivity index (χ2n) is 21.5. The van der Waals surface area contributed by atoms with Crippen LogP contribution in [0.3, 0.4) is 0 Å². The van der Waals surface area contributed by atoms with E-state index in [0.717, 1.165) is 25.7 Å². The van der Waals surface area contributed by atoms with Gasteiger partial charge in [-0.25, -0.2) is 20.8 Å². The molecule has 4 aromatic carbocycles. The maximum absolute atomic E-state index is 14.8. The lowest BCUT2D eigenvalue weighted by atomic mass is 9.81. The van der Waals surface area contributed by atoms with E-state index in [1.54, 1.807) is 0 Å². The van der Waals surface area contributed by atoms with Crippen molar-refractivity contribution in [2.24, 2.45) is 5.41 Å². The molecule has 12 N–H and O–H groups in total. The number of fused-ring (bicyclic) bond motifs is 4. The first kappa shape index (κ1) is 53.1. The summed E-state index contributed by atoms with van der Waals surface area (Å²) < 4.78 is 57.6. The molecule has 0 amide bonds. The number of rotatable bonds is 16. The van der Waals surface area contributed by atoms with Crippen LogP contribution in [0.5, 0.6) is 23.0 Å². The van der Waals surface area contributed by atoms with Crippen molar-refractivity contribution in [2.75, 3.05) is 126 Å². The molecule has 0 bridgehead atoms. The average Bonchev–Trinajstić information content (AvgIpc) is 4.19. The molecule has 4 heterocycles. The van der Waals surface area contributed by atoms with Gasteiger partial charge in [0.15, 0.2) is 23.0 Å². The Kier molecular flexibility index (Phi) is 13.5. The maximum atomic E-state index is 14.8. The number of benzene rings is 4. The number of nitrogens with one attached hydrogen (secondary N) is 4. The van der Waals surface area contributed by atoms with Crippen molar-refractivity contribution >= 4 is 57.5 Å². The van der Waals surface area contributed by atoms with Crippen molar-refractivity contribution in [2.45, 2.75) is 38.5 Å². The highest BCUT2D eigenvalue weighted by Gasteiger charge is 2.58. The van der Waals surface area contributed by atoms with E-state index in [2.05, 4.69) is 21.3 Å². The van der Waals surface area contributed by atoms with Gasteiger partial charge in [-0.15, -0.1) is 0 Å². The van der Waals surface area contributed by atoms with E-state index in [1.807, 2.05) is 0 Å². The molecule has 6 aliphatic rings. The van der Waals surface area contributed by atoms with Crippen molar-refractivity contribution in [3.05, 3.63) is 91.0 Å². The monoisotopic (exact) mass is 1090 g/mol. The van der Waals surface area contributed by atoms with E-state index < -0.39 is 112 Å². The van der Waals surface area contributed by atoms with Gasteiger partial charge in [0.05, 0.1) is 86.8 Å². The highest BCUT2D eigenvalue weighted by atomic mass is 35.5. The zero-order valence-corrected chi connectivity index (χ0v) is 41.9. The van der Waals surface area contributed by atoms with E-state index in [-0.39, 0.29) is 132 Å². The fourth-order valence-electron chi connectivity index (χ4n) is 12.6. The largest absolute Gasteiger partial charge is 0.504 e. The number of halogens is 5. The van der Waals surface area contributed by atoms with Crippen molar-refractivity contribution in [1.29, 1.82) is 0 Å². The van der Waals surface area contributed by atoms with Gasteiger partial charge in [0, 0.05) is 55.6 Å². The van der Waals surface area contributed by atoms with Crippen LogP contribution in [0.4, 0.5) is 40.3 Å². The van der Waals surface area contributed by atoms with E-state index in [4.69, 9.17) is 11.6 Å². The van der Waals surface area contributed by atoms with E-state index in [1.165, 1.54) is 18.2 Å². The zero-order valence-electron chi connectivity index (χ0n) is 41.2. The normalized spacial score (nSPS) is 24.0. The van der Waals surface area contributed by atoms with Gasteiger partial charge in [-0.1, -0.05) is 11.6 Å². The van der Waals surface area contributed by atoms with Crippen molar-refractivity contribution in [3.63, 3.8) is 0 Å². The molecular formula is C51H59ClF4N8O12+4. The van der Waals surface area contributed by atoms with Gasteiger partial charge >= 0.3 is 0 Å². The SMILES string of the molecule is O=C1c2c(NCC[N+]3(O)CCCC3)ccc(NCC[N+]3(O)CCC4(CC[N+](O)(CCNc5c(Cl)cc(NCC[N+]6(O)CCCC6)c6c5C(=O)c5c(O)c(F)c(F)c(O)c5C6=O)C4)C3)c2C(=O)c2c(O)c(F)c(F)c(O)c21. The Hall–Kier alpha value is -6.35. The number of hydrogen-bond donors (Lipinski definition) is 12. The molecule has 0 radical (unpaired) electrons. The highest BCUT2D eigenvalue weighted by Crippen LogP contribution is 2.49. The van der Waals surface area contributed by atoms with Crippen LogP contribution in [0.25, 0.3) is 0 Å². The average molecular weight is 1090 g/mol. The number of likely N-dealkylation sites (tertiary alicyclic amines) is 4. The molecule has 10 rings (SSSR count). The second-order valence-corrected chi connectivity index (χ2v) is 21.9. The van der Waals surface area contributed by atoms with Gasteiger partial charge < -0.3 is 41.7 Å². The number of aromatic hydroxyl groups is 4. The Bertz CT molecular complexity index is 3160. The fourth-order valence-corrected chi connectivity index (χ4v) is 12.8. The number of nitrogens with zero attached hydrogens (tertiary/aromatic N) is 4. The molecule has 3 unspecified atom stereocenters. The third-order valence-corrected chi connectivity index (χ3v) is 16.8. The summed E-state index contributed by atoms with van der Waals surface area (Å²) in [4.78, 5) is 56.7. The summed E-state index contributed by atoms with van der Waals surface area (Å²) in [7, 11) is 0. The van der Waals surface area contributed by atoms with Gasteiger partial charge in [0.2, 0.25) is 46.4 Å². The molecule has 20 nitrogen and oxygen atoms in total. The minimum atomic E-state index is -1.94. The lowest BCUT2D eigenvalue weighted by Crippen LogP contribution is -2.50. The Morgan fingerprint density at radius 1 is 0.447 bits per heavy atom. The van der Waals surface area contributed by atoms with Crippen LogP contribution in [0.2, 0.25) is 5.02 Å². The summed E-state index contributed by atoms with van der Waals surface area (Å²) in [5.41, 5.74) is -5.54. The summed E-state index contributed by atoms with van der Waals surface area (Å²) in [6.07, 6.45) is 4.23. The Balaban J connectivity index is 0.829. The molecule has 0 saturated carbocycles. The zero-order chi connectivity index (χ0) is 54.4. The third-order valence-electron chi connectivity index (χ3n) is 16.5. The lowest BCUT2D eigenvalue weighted by molar-refractivity contribution is -1.10. The fraction of sp³-hybridized carbons (Fsp3) is 0.451. The first-order valence-electron chi connectivity index (χ1n) is 25.3. The lowest BCUT2D eigenvalue weighted by Gasteiger charge is -2.30. The number of carbonyl (C=O) groups excluding carboxylic acids is 4. The molecule has 4 saturated heterocycles. The number of anilines is 4. The van der Waals surface area contributed by atoms with Gasteiger partial charge in [-0.05, 0) is 18.2 Å². The molecule has 4 fully saturated rings. The van der Waals surface area contributed by atoms with E-state index in [0.29, 0.717) is 39.0 Å². The minimum Gasteiger partial charge on any atom is -0.504 e. The van der Waals surface area contributed by atoms with Crippen LogP contribution in [-0.4, -0.2) is 188 Å². The molecule has 25 heteroatoms. The maximum Gasteiger partial charge on any atom is 0.205 e. The predicted octanol–water partition coefficient (Wildman–Crippen LogP) is 5.82. The number of phenols is 4.